The Morgan fingerprint density at radius 2 is 2.32 bits per heavy atom. The van der Waals surface area contributed by atoms with E-state index in [-0.39, 0.29) is 6.04 Å². The molecule has 0 spiro atoms. The third-order valence-corrected chi connectivity index (χ3v) is 6.36. The first-order valence-corrected chi connectivity index (χ1v) is 10.8. The Morgan fingerprint density at radius 3 is 3.00 bits per heavy atom. The zero-order chi connectivity index (χ0) is 18.0. The van der Waals surface area contributed by atoms with Crippen molar-refractivity contribution in [2.75, 3.05) is 17.3 Å². The van der Waals surface area contributed by atoms with Crippen LogP contribution in [0.4, 0.5) is 5.69 Å². The van der Waals surface area contributed by atoms with Crippen molar-refractivity contribution in [1.29, 1.82) is 0 Å². The molecule has 3 rings (SSSR count). The lowest BCUT2D eigenvalue weighted by Crippen LogP contribution is -2.28. The fourth-order valence-electron chi connectivity index (χ4n) is 2.67. The van der Waals surface area contributed by atoms with E-state index in [4.69, 9.17) is 21.8 Å². The topological polar surface area (TPSA) is 81.1 Å². The number of furan rings is 1. The van der Waals surface area contributed by atoms with Crippen molar-refractivity contribution >= 4 is 49.6 Å². The fourth-order valence-corrected chi connectivity index (χ4v) is 4.99. The van der Waals surface area contributed by atoms with Crippen molar-refractivity contribution in [1.82, 2.24) is 4.98 Å². The minimum atomic E-state index is -0.924. The van der Waals surface area contributed by atoms with Gasteiger partial charge in [-0.05, 0) is 31.5 Å². The van der Waals surface area contributed by atoms with E-state index in [9.17, 15) is 4.21 Å². The third kappa shape index (κ3) is 4.41. The van der Waals surface area contributed by atoms with Gasteiger partial charge in [-0.1, -0.05) is 11.6 Å². The van der Waals surface area contributed by atoms with Gasteiger partial charge >= 0.3 is 0 Å². The number of hydrogen-bond acceptors (Lipinski definition) is 6. The summed E-state index contributed by atoms with van der Waals surface area (Å²) in [7, 11) is -0.924. The molecule has 134 valence electrons. The largest absolute Gasteiger partial charge is 0.467 e. The highest BCUT2D eigenvalue weighted by atomic mass is 35.5. The molecule has 0 aliphatic carbocycles. The summed E-state index contributed by atoms with van der Waals surface area (Å²) in [6, 6.07) is 5.61. The van der Waals surface area contributed by atoms with Gasteiger partial charge in [0, 0.05) is 39.4 Å². The summed E-state index contributed by atoms with van der Waals surface area (Å²) in [6.07, 6.45) is 3.91. The van der Waals surface area contributed by atoms with Crippen LogP contribution in [-0.4, -0.2) is 27.2 Å². The van der Waals surface area contributed by atoms with Crippen LogP contribution in [0.5, 0.6) is 0 Å². The second-order valence-corrected chi connectivity index (χ2v) is 8.93. The van der Waals surface area contributed by atoms with Gasteiger partial charge in [0.2, 0.25) is 0 Å². The van der Waals surface area contributed by atoms with E-state index in [0.717, 1.165) is 32.2 Å². The molecule has 25 heavy (non-hydrogen) atoms. The van der Waals surface area contributed by atoms with Crippen LogP contribution in [-0.2, 0) is 23.8 Å². The van der Waals surface area contributed by atoms with Gasteiger partial charge in [-0.15, -0.1) is 11.3 Å². The molecule has 3 heterocycles. The van der Waals surface area contributed by atoms with Crippen LogP contribution >= 0.6 is 22.9 Å². The minimum Gasteiger partial charge on any atom is -0.467 e. The van der Waals surface area contributed by atoms with Crippen LogP contribution in [0.25, 0.3) is 10.2 Å². The Balaban J connectivity index is 1.90. The summed E-state index contributed by atoms with van der Waals surface area (Å²) >= 11 is 8.14. The van der Waals surface area contributed by atoms with E-state index in [2.05, 4.69) is 10.3 Å². The number of halogens is 1. The molecule has 0 saturated carbocycles. The van der Waals surface area contributed by atoms with Crippen LogP contribution in [0.3, 0.4) is 0 Å². The molecule has 5 nitrogen and oxygen atoms in total. The monoisotopic (exact) mass is 397 g/mol. The van der Waals surface area contributed by atoms with Gasteiger partial charge in [0.1, 0.15) is 11.3 Å². The lowest BCUT2D eigenvalue weighted by Gasteiger charge is -2.08. The number of aromatic nitrogens is 1. The maximum atomic E-state index is 11.4. The molecule has 0 bridgehead atoms. The van der Waals surface area contributed by atoms with E-state index in [1.807, 2.05) is 25.1 Å². The Labute approximate surface area is 158 Å². The number of fused-ring (bicyclic) bond motifs is 1. The summed E-state index contributed by atoms with van der Waals surface area (Å²) in [4.78, 5) is 5.56. The molecule has 2 atom stereocenters. The van der Waals surface area contributed by atoms with E-state index in [1.54, 1.807) is 23.9 Å². The first-order chi connectivity index (χ1) is 11.9. The molecular formula is C17H20ClN3O2S2. The maximum absolute atomic E-state index is 11.4. The molecule has 0 radical (unpaired) electrons. The average molecular weight is 398 g/mol. The molecule has 0 fully saturated rings. The van der Waals surface area contributed by atoms with E-state index in [1.165, 1.54) is 0 Å². The molecule has 3 N–H and O–H groups in total. The number of nitrogens with zero attached hydrogens (tertiary/aromatic N) is 1. The van der Waals surface area contributed by atoms with Crippen molar-refractivity contribution in [2.45, 2.75) is 25.9 Å². The van der Waals surface area contributed by atoms with Gasteiger partial charge in [-0.3, -0.25) is 9.19 Å². The van der Waals surface area contributed by atoms with Gasteiger partial charge in [0.05, 0.1) is 28.2 Å². The normalized spacial score (nSPS) is 13.9. The highest BCUT2D eigenvalue weighted by Crippen LogP contribution is 2.39. The molecule has 8 heteroatoms. The van der Waals surface area contributed by atoms with Crippen LogP contribution in [0.2, 0.25) is 5.02 Å². The first-order valence-electron chi connectivity index (χ1n) is 7.84. The number of anilines is 1. The molecule has 3 aromatic heterocycles. The quantitative estimate of drug-likeness (QED) is 0.635. The predicted molar refractivity (Wildman–Crippen MR) is 106 cm³/mol. The summed E-state index contributed by atoms with van der Waals surface area (Å²) < 4.78 is 17.7. The smallest absolute Gasteiger partial charge is 0.122 e. The first kappa shape index (κ1) is 18.4. The van der Waals surface area contributed by atoms with Crippen molar-refractivity contribution in [3.8, 4) is 0 Å². The van der Waals surface area contributed by atoms with Crippen molar-refractivity contribution < 1.29 is 8.63 Å². The number of nitrogens with two attached hydrogens (primary N) is 1. The molecule has 0 amide bonds. The van der Waals surface area contributed by atoms with Gasteiger partial charge in [0.15, 0.2) is 0 Å². The summed E-state index contributed by atoms with van der Waals surface area (Å²) in [5.74, 6) is 1.32. The molecule has 3 aromatic rings. The summed E-state index contributed by atoms with van der Waals surface area (Å²) in [5, 5.41) is 4.04. The Hall–Kier alpha value is -1.41. The molecule has 1 unspecified atom stereocenters. The second-order valence-electron chi connectivity index (χ2n) is 5.97. The number of nitrogens with one attached hydrogen (secondary N) is 1. The van der Waals surface area contributed by atoms with Gasteiger partial charge in [0.25, 0.3) is 0 Å². The Bertz CT molecular complexity index is 893. The SMILES string of the molecule is Cc1cc(NCc2ccco2)c2sc(C[C@@H](N)CS(C)=O)c(Cl)c2n1. The fraction of sp³-hybridized carbons (Fsp3) is 0.353. The Morgan fingerprint density at radius 1 is 1.52 bits per heavy atom. The highest BCUT2D eigenvalue weighted by molar-refractivity contribution is 7.84. The van der Waals surface area contributed by atoms with Gasteiger partial charge in [-0.25, -0.2) is 0 Å². The molecule has 0 saturated heterocycles. The standard InChI is InChI=1S/C17H20ClN3O2S2/c1-10-6-13(20-8-12-4-3-5-23-12)17-16(21-10)15(18)14(24-17)7-11(19)9-25(2)22/h3-6,11H,7-9,19H2,1-2H3,(H,20,21)/t11-,25?/m1/s1. The Kier molecular flexibility index (Phi) is 5.78. The number of pyridine rings is 1. The van der Waals surface area contributed by atoms with Gasteiger partial charge in [-0.2, -0.15) is 0 Å². The number of aryl methyl sites for hydroxylation is 1. The summed E-state index contributed by atoms with van der Waals surface area (Å²) in [5.41, 5.74) is 8.75. The molecule has 0 aliphatic rings. The number of thiophene rings is 1. The highest BCUT2D eigenvalue weighted by Gasteiger charge is 2.18. The molecular weight excluding hydrogens is 378 g/mol. The third-order valence-electron chi connectivity index (χ3n) is 3.71. The average Bonchev–Trinajstić information content (AvgIpc) is 3.14. The zero-order valence-electron chi connectivity index (χ0n) is 14.0. The number of hydrogen-bond donors (Lipinski definition) is 2. The molecule has 0 aliphatic heterocycles. The lowest BCUT2D eigenvalue weighted by molar-refractivity contribution is 0.518. The van der Waals surface area contributed by atoms with Crippen molar-refractivity contribution in [3.05, 3.63) is 45.8 Å². The second kappa shape index (κ2) is 7.86. The zero-order valence-corrected chi connectivity index (χ0v) is 16.4. The van der Waals surface area contributed by atoms with Crippen LogP contribution in [0.1, 0.15) is 16.3 Å². The van der Waals surface area contributed by atoms with Crippen molar-refractivity contribution in [3.63, 3.8) is 0 Å². The summed E-state index contributed by atoms with van der Waals surface area (Å²) in [6.45, 7) is 2.53. The minimum absolute atomic E-state index is 0.183. The number of rotatable bonds is 7. The van der Waals surface area contributed by atoms with Crippen LogP contribution in [0, 0.1) is 6.92 Å². The lowest BCUT2D eigenvalue weighted by atomic mass is 10.2. The molecule has 0 aromatic carbocycles. The van der Waals surface area contributed by atoms with E-state index in [0.29, 0.717) is 23.7 Å². The van der Waals surface area contributed by atoms with Gasteiger partial charge < -0.3 is 15.5 Å². The maximum Gasteiger partial charge on any atom is 0.122 e. The van der Waals surface area contributed by atoms with Crippen LogP contribution < -0.4 is 11.1 Å². The van der Waals surface area contributed by atoms with E-state index < -0.39 is 10.8 Å². The van der Waals surface area contributed by atoms with Crippen LogP contribution in [0.15, 0.2) is 28.9 Å². The van der Waals surface area contributed by atoms with Crippen molar-refractivity contribution in [2.24, 2.45) is 5.73 Å². The van der Waals surface area contributed by atoms with E-state index >= 15 is 0 Å². The predicted octanol–water partition coefficient (Wildman–Crippen LogP) is 3.71.